The first-order valence-electron chi connectivity index (χ1n) is 26.5. The van der Waals surface area contributed by atoms with Crippen LogP contribution in [-0.4, -0.2) is 108 Å². The third kappa shape index (κ3) is 10.0. The van der Waals surface area contributed by atoms with Crippen molar-refractivity contribution in [3.8, 4) is 11.5 Å². The van der Waals surface area contributed by atoms with Crippen LogP contribution in [0.1, 0.15) is 91.1 Å². The van der Waals surface area contributed by atoms with Crippen molar-refractivity contribution < 1.29 is 62.4 Å². The van der Waals surface area contributed by atoms with Crippen LogP contribution in [0.25, 0.3) is 0 Å². The highest BCUT2D eigenvalue weighted by atomic mass is 16.6. The van der Waals surface area contributed by atoms with E-state index in [9.17, 15) is 33.9 Å². The van der Waals surface area contributed by atoms with E-state index in [1.54, 1.807) is 77.7 Å². The number of ketones is 1. The number of cyclic esters (lactones) is 1. The van der Waals surface area contributed by atoms with Gasteiger partial charge in [0.15, 0.2) is 5.78 Å². The van der Waals surface area contributed by atoms with E-state index >= 15 is 4.79 Å². The SMILES string of the molecule is C=CCOC(=O)[C@H]1[C@@H]2C(=O)O[C@@H](c3ccccc3)[C@@H](c3ccccc3)N2[C@@H](c2ccc(OCCOC(=O)[C@H]3C[C@H]4C(=O)C[C@@H](CCCCNC(C)=O)C(=O)N4[C@H]3c3cccc(OCCO)c3)cc2)[C@]12C(=O)Nc1ccccc12. The summed E-state index contributed by atoms with van der Waals surface area (Å²) in [4.78, 5) is 102. The van der Waals surface area contributed by atoms with Crippen LogP contribution in [0.2, 0.25) is 0 Å². The number of hydrogen-bond donors (Lipinski definition) is 3. The van der Waals surface area contributed by atoms with Crippen molar-refractivity contribution in [3.05, 3.63) is 174 Å². The fourth-order valence-corrected chi connectivity index (χ4v) is 12.6. The largest absolute Gasteiger partial charge is 0.491 e. The van der Waals surface area contributed by atoms with Gasteiger partial charge in [-0.15, -0.1) is 0 Å². The van der Waals surface area contributed by atoms with E-state index in [0.717, 1.165) is 11.1 Å². The summed E-state index contributed by atoms with van der Waals surface area (Å²) >= 11 is 0. The van der Waals surface area contributed by atoms with Crippen LogP contribution in [0.3, 0.4) is 0 Å². The molecule has 0 aromatic heterocycles. The van der Waals surface area contributed by atoms with Gasteiger partial charge >= 0.3 is 17.9 Å². The molecule has 5 aromatic rings. The Hall–Kier alpha value is -8.15. The topological polar surface area (TPSA) is 216 Å². The highest BCUT2D eigenvalue weighted by Gasteiger charge is 2.74. The van der Waals surface area contributed by atoms with Crippen molar-refractivity contribution in [2.45, 2.75) is 80.8 Å². The monoisotopic (exact) mass is 1060 g/mol. The van der Waals surface area contributed by atoms with Gasteiger partial charge in [0.1, 0.15) is 61.4 Å². The lowest BCUT2D eigenvalue weighted by atomic mass is 9.65. The number of Topliss-reactive ketones (excluding diaryl/α,β-unsaturated/α-hetero) is 1. The molecule has 0 saturated carbocycles. The molecular weight excluding hydrogens is 997 g/mol. The molecular formula is C61H62N4O13. The van der Waals surface area contributed by atoms with Gasteiger partial charge in [0, 0.05) is 31.5 Å². The maximum atomic E-state index is 15.2. The summed E-state index contributed by atoms with van der Waals surface area (Å²) in [6, 6.07) is 35.5. The summed E-state index contributed by atoms with van der Waals surface area (Å²) in [5, 5.41) is 15.3. The number of para-hydroxylation sites is 1. The number of fused-ring (bicyclic) bond motifs is 4. The second-order valence-electron chi connectivity index (χ2n) is 20.3. The van der Waals surface area contributed by atoms with Crippen LogP contribution in [0.4, 0.5) is 5.69 Å². The molecule has 4 fully saturated rings. The van der Waals surface area contributed by atoms with Crippen molar-refractivity contribution >= 4 is 47.1 Å². The Balaban J connectivity index is 0.923. The summed E-state index contributed by atoms with van der Waals surface area (Å²) in [5.41, 5.74) is 2.01. The van der Waals surface area contributed by atoms with Crippen molar-refractivity contribution in [2.24, 2.45) is 17.8 Å². The van der Waals surface area contributed by atoms with Crippen LogP contribution >= 0.6 is 0 Å². The van der Waals surface area contributed by atoms with E-state index in [-0.39, 0.29) is 63.5 Å². The number of nitrogens with zero attached hydrogens (tertiary/aromatic N) is 2. The number of hydrogen-bond acceptors (Lipinski definition) is 14. The number of nitrogens with one attached hydrogen (secondary N) is 2. The summed E-state index contributed by atoms with van der Waals surface area (Å²) in [6.45, 7) is 5.04. The number of amides is 3. The number of aliphatic hydroxyl groups excluding tert-OH is 1. The normalized spacial score (nSPS) is 26.0. The van der Waals surface area contributed by atoms with Gasteiger partial charge < -0.3 is 44.3 Å². The Kier molecular flexibility index (Phi) is 15.8. The Morgan fingerprint density at radius 2 is 1.46 bits per heavy atom. The molecule has 5 heterocycles. The van der Waals surface area contributed by atoms with E-state index in [2.05, 4.69) is 17.2 Å². The van der Waals surface area contributed by atoms with Gasteiger partial charge in [0.25, 0.3) is 0 Å². The van der Waals surface area contributed by atoms with Crippen LogP contribution in [-0.2, 0) is 53.2 Å². The fraction of sp³-hybridized carbons (Fsp3) is 0.361. The van der Waals surface area contributed by atoms with Crippen molar-refractivity contribution in [3.63, 3.8) is 0 Å². The molecule has 10 rings (SSSR count). The number of carbonyl (C=O) groups excluding carboxylic acids is 7. The third-order valence-corrected chi connectivity index (χ3v) is 15.7. The fourth-order valence-electron chi connectivity index (χ4n) is 12.6. The number of benzene rings is 5. The lowest BCUT2D eigenvalue weighted by Gasteiger charge is -2.46. The average molecular weight is 1060 g/mol. The maximum Gasteiger partial charge on any atom is 0.325 e. The molecule has 404 valence electrons. The molecule has 0 aliphatic carbocycles. The quantitative estimate of drug-likeness (QED) is 0.0315. The molecule has 17 heteroatoms. The van der Waals surface area contributed by atoms with Crippen LogP contribution < -0.4 is 20.1 Å². The molecule has 1 spiro atoms. The molecule has 3 amide bonds. The number of unbranched alkanes of at least 4 members (excludes halogenated alkanes) is 1. The Bertz CT molecular complexity index is 3060. The number of carbonyl (C=O) groups is 7. The van der Waals surface area contributed by atoms with Gasteiger partial charge in [-0.05, 0) is 77.4 Å². The number of aliphatic hydroxyl groups is 1. The minimum atomic E-state index is -1.71. The molecule has 5 aromatic carbocycles. The molecule has 10 atom stereocenters. The minimum Gasteiger partial charge on any atom is -0.491 e. The van der Waals surface area contributed by atoms with Gasteiger partial charge in [-0.1, -0.05) is 122 Å². The number of morpholine rings is 1. The Labute approximate surface area is 451 Å². The summed E-state index contributed by atoms with van der Waals surface area (Å²) in [7, 11) is 0. The highest BCUT2D eigenvalue weighted by Crippen LogP contribution is 2.65. The lowest BCUT2D eigenvalue weighted by Crippen LogP contribution is -2.52. The highest BCUT2D eigenvalue weighted by molar-refractivity contribution is 6.11. The number of piperidine rings is 1. The van der Waals surface area contributed by atoms with Gasteiger partial charge in [-0.2, -0.15) is 0 Å². The zero-order chi connectivity index (χ0) is 54.5. The van der Waals surface area contributed by atoms with Gasteiger partial charge in [-0.25, -0.2) is 0 Å². The zero-order valence-electron chi connectivity index (χ0n) is 43.2. The second-order valence-corrected chi connectivity index (χ2v) is 20.3. The molecule has 4 saturated heterocycles. The van der Waals surface area contributed by atoms with E-state index in [0.29, 0.717) is 59.7 Å². The number of esters is 3. The van der Waals surface area contributed by atoms with E-state index in [1.165, 1.54) is 13.0 Å². The molecule has 0 radical (unpaired) electrons. The van der Waals surface area contributed by atoms with Gasteiger partial charge in [-0.3, -0.25) is 38.5 Å². The van der Waals surface area contributed by atoms with E-state index in [4.69, 9.17) is 23.7 Å². The molecule has 0 bridgehead atoms. The van der Waals surface area contributed by atoms with Crippen LogP contribution in [0, 0.1) is 17.8 Å². The van der Waals surface area contributed by atoms with Crippen LogP contribution in [0.15, 0.2) is 146 Å². The Morgan fingerprint density at radius 3 is 2.19 bits per heavy atom. The molecule has 17 nitrogen and oxygen atoms in total. The van der Waals surface area contributed by atoms with Gasteiger partial charge in [0.2, 0.25) is 17.7 Å². The maximum absolute atomic E-state index is 15.2. The summed E-state index contributed by atoms with van der Waals surface area (Å²) < 4.78 is 30.0. The third-order valence-electron chi connectivity index (χ3n) is 15.7. The molecule has 5 aliphatic heterocycles. The van der Waals surface area contributed by atoms with E-state index < -0.39 is 83.3 Å². The standard InChI is InChI=1S/C61H62N4O13/c1-3-30-76-58(71)50-53-59(72)78-54(39-17-8-5-9-18-39)52(38-15-6-4-7-16-38)65(53)55(61(50)46-22-10-11-23-47(46)63-60(61)73)40-24-26-43(27-25-40)75-32-33-77-57(70)45-36-48-49(68)35-42(19-12-13-28-62-37(2)67)56(69)64(48)51(45)41-20-14-21-44(34-41)74-31-29-66/h3-11,14-18,20-27,34,42,45,48,50-55,66H,1,12-13,19,28-33,35-36H2,2H3,(H,62,67)(H,63,73)/t42-,45+,48+,50-,51+,52-,53-,54+,55+,61-/m1/s1. The van der Waals surface area contributed by atoms with Crippen molar-refractivity contribution in [1.29, 1.82) is 0 Å². The van der Waals surface area contributed by atoms with Crippen molar-refractivity contribution in [1.82, 2.24) is 15.1 Å². The molecule has 5 aliphatic rings. The molecule has 0 unspecified atom stereocenters. The zero-order valence-corrected chi connectivity index (χ0v) is 43.2. The predicted octanol–water partition coefficient (Wildman–Crippen LogP) is 6.83. The predicted molar refractivity (Wildman–Crippen MR) is 283 cm³/mol. The molecule has 3 N–H and O–H groups in total. The summed E-state index contributed by atoms with van der Waals surface area (Å²) in [6.07, 6.45) is 2.41. The lowest BCUT2D eigenvalue weighted by molar-refractivity contribution is -0.180. The first kappa shape index (κ1) is 53.3. The van der Waals surface area contributed by atoms with Crippen LogP contribution in [0.5, 0.6) is 11.5 Å². The number of ether oxygens (including phenoxy) is 5. The minimum absolute atomic E-state index is 0.0340. The number of rotatable bonds is 20. The van der Waals surface area contributed by atoms with Crippen molar-refractivity contribution in [2.75, 3.05) is 44.9 Å². The summed E-state index contributed by atoms with van der Waals surface area (Å²) in [5.74, 6) is -5.06. The average Bonchev–Trinajstić information content (AvgIpc) is 2.91. The first-order valence-corrected chi connectivity index (χ1v) is 26.5. The Morgan fingerprint density at radius 1 is 0.756 bits per heavy atom. The second kappa shape index (κ2) is 23.2. The molecule has 78 heavy (non-hydrogen) atoms. The number of anilines is 1. The van der Waals surface area contributed by atoms with Gasteiger partial charge in [0.05, 0.1) is 36.7 Å². The van der Waals surface area contributed by atoms with E-state index in [1.807, 2.05) is 65.6 Å². The first-order chi connectivity index (χ1) is 38.0. The smallest absolute Gasteiger partial charge is 0.325 e.